The number of nitriles is 1. The van der Waals surface area contributed by atoms with Crippen LogP contribution in [-0.4, -0.2) is 15.7 Å². The Hall–Kier alpha value is -1.83. The van der Waals surface area contributed by atoms with Gasteiger partial charge in [0, 0.05) is 23.6 Å². The van der Waals surface area contributed by atoms with Crippen LogP contribution in [-0.2, 0) is 17.8 Å². The highest BCUT2D eigenvalue weighted by Gasteiger charge is 2.26. The van der Waals surface area contributed by atoms with E-state index in [1.54, 1.807) is 4.68 Å². The molecule has 0 bridgehead atoms. The minimum Gasteiger partial charge on any atom is -0.368 e. The summed E-state index contributed by atoms with van der Waals surface area (Å²) < 4.78 is 1.70. The van der Waals surface area contributed by atoms with Crippen LogP contribution < -0.4 is 5.73 Å². The van der Waals surface area contributed by atoms with Gasteiger partial charge in [-0.1, -0.05) is 0 Å². The first kappa shape index (κ1) is 11.6. The number of primary amides is 1. The van der Waals surface area contributed by atoms with Crippen LogP contribution in [0.25, 0.3) is 0 Å². The van der Waals surface area contributed by atoms with Gasteiger partial charge in [0.2, 0.25) is 5.91 Å². The molecule has 1 aromatic heterocycles. The molecule has 0 aromatic carbocycles. The highest BCUT2D eigenvalue weighted by Crippen LogP contribution is 2.35. The molecule has 5 nitrogen and oxygen atoms in total. The first-order valence-electron chi connectivity index (χ1n) is 5.85. The minimum atomic E-state index is -0.377. The summed E-state index contributed by atoms with van der Waals surface area (Å²) >= 11 is 0. The van der Waals surface area contributed by atoms with Gasteiger partial charge in [-0.3, -0.25) is 9.48 Å². The third-order valence-corrected chi connectivity index (χ3v) is 3.30. The molecule has 0 fully saturated rings. The lowest BCUT2D eigenvalue weighted by molar-refractivity contribution is -0.118. The summed E-state index contributed by atoms with van der Waals surface area (Å²) in [6.07, 6.45) is 3.52. The molecule has 5 heteroatoms. The van der Waals surface area contributed by atoms with E-state index in [0.29, 0.717) is 6.42 Å². The quantitative estimate of drug-likeness (QED) is 0.844. The molecule has 90 valence electrons. The third kappa shape index (κ3) is 2.16. The highest BCUT2D eigenvalue weighted by molar-refractivity contribution is 5.73. The van der Waals surface area contributed by atoms with E-state index in [-0.39, 0.29) is 18.4 Å². The van der Waals surface area contributed by atoms with E-state index in [9.17, 15) is 4.79 Å². The molecule has 1 aliphatic rings. The summed E-state index contributed by atoms with van der Waals surface area (Å²) in [5, 5.41) is 13.2. The standard InChI is InChI=1S/C12H16N4O/c1-8-12-9(5-6-13)3-2-4-10(12)16(15-8)7-11(14)17/h9H,2-5,7H2,1H3,(H2,14,17). The number of rotatable bonds is 3. The van der Waals surface area contributed by atoms with Gasteiger partial charge in [0.1, 0.15) is 6.54 Å². The van der Waals surface area contributed by atoms with E-state index in [4.69, 9.17) is 11.0 Å². The summed E-state index contributed by atoms with van der Waals surface area (Å²) in [6.45, 7) is 2.07. The second kappa shape index (κ2) is 4.58. The molecule has 0 spiro atoms. The lowest BCUT2D eigenvalue weighted by Crippen LogP contribution is -2.22. The maximum Gasteiger partial charge on any atom is 0.239 e. The zero-order chi connectivity index (χ0) is 12.4. The van der Waals surface area contributed by atoms with Crippen LogP contribution in [0.15, 0.2) is 0 Å². The number of hydrogen-bond acceptors (Lipinski definition) is 3. The Kier molecular flexibility index (Phi) is 3.14. The number of aromatic nitrogens is 2. The lowest BCUT2D eigenvalue weighted by atomic mass is 9.83. The van der Waals surface area contributed by atoms with Gasteiger partial charge in [-0.25, -0.2) is 0 Å². The Morgan fingerprint density at radius 3 is 3.12 bits per heavy atom. The Balaban J connectivity index is 2.39. The summed E-state index contributed by atoms with van der Waals surface area (Å²) in [4.78, 5) is 11.0. The molecule has 1 atom stereocenters. The van der Waals surface area contributed by atoms with Gasteiger partial charge in [-0.15, -0.1) is 0 Å². The van der Waals surface area contributed by atoms with Gasteiger partial charge < -0.3 is 5.73 Å². The van der Waals surface area contributed by atoms with E-state index in [0.717, 1.165) is 30.7 Å². The first-order chi connectivity index (χ1) is 8.13. The Bertz CT molecular complexity index is 483. The zero-order valence-corrected chi connectivity index (χ0v) is 9.94. The molecular weight excluding hydrogens is 216 g/mol. The molecule has 2 N–H and O–H groups in total. The predicted octanol–water partition coefficient (Wildman–Crippen LogP) is 1.01. The molecule has 17 heavy (non-hydrogen) atoms. The molecule has 0 aliphatic heterocycles. The molecule has 2 rings (SSSR count). The normalized spacial score (nSPS) is 18.5. The summed E-state index contributed by atoms with van der Waals surface area (Å²) in [6, 6.07) is 2.23. The van der Waals surface area contributed by atoms with E-state index >= 15 is 0 Å². The molecule has 0 saturated carbocycles. The van der Waals surface area contributed by atoms with Crippen LogP contribution in [0.2, 0.25) is 0 Å². The summed E-state index contributed by atoms with van der Waals surface area (Å²) in [7, 11) is 0. The van der Waals surface area contributed by atoms with Crippen LogP contribution in [0.4, 0.5) is 0 Å². The van der Waals surface area contributed by atoms with Crippen LogP contribution in [0.3, 0.4) is 0 Å². The van der Waals surface area contributed by atoms with Gasteiger partial charge in [0.05, 0.1) is 11.8 Å². The fourth-order valence-electron chi connectivity index (χ4n) is 2.69. The van der Waals surface area contributed by atoms with Gasteiger partial charge in [-0.05, 0) is 26.2 Å². The summed E-state index contributed by atoms with van der Waals surface area (Å²) in [5.41, 5.74) is 8.40. The van der Waals surface area contributed by atoms with Crippen molar-refractivity contribution in [3.05, 3.63) is 17.0 Å². The number of aryl methyl sites for hydroxylation is 1. The van der Waals surface area contributed by atoms with Crippen molar-refractivity contribution in [2.75, 3.05) is 0 Å². The van der Waals surface area contributed by atoms with Crippen molar-refractivity contribution >= 4 is 5.91 Å². The van der Waals surface area contributed by atoms with Crippen molar-refractivity contribution in [1.29, 1.82) is 5.26 Å². The van der Waals surface area contributed by atoms with E-state index in [1.807, 2.05) is 6.92 Å². The number of amides is 1. The van der Waals surface area contributed by atoms with Gasteiger partial charge in [-0.2, -0.15) is 10.4 Å². The van der Waals surface area contributed by atoms with Gasteiger partial charge in [0.15, 0.2) is 0 Å². The molecule has 1 aromatic rings. The maximum atomic E-state index is 11.0. The fraction of sp³-hybridized carbons (Fsp3) is 0.583. The van der Waals surface area contributed by atoms with Gasteiger partial charge in [0.25, 0.3) is 0 Å². The fourth-order valence-corrected chi connectivity index (χ4v) is 2.69. The monoisotopic (exact) mass is 232 g/mol. The maximum absolute atomic E-state index is 11.0. The van der Waals surface area contributed by atoms with Crippen LogP contribution >= 0.6 is 0 Å². The van der Waals surface area contributed by atoms with E-state index < -0.39 is 0 Å². The SMILES string of the molecule is Cc1nn(CC(N)=O)c2c1C(CC#N)CCC2. The number of fused-ring (bicyclic) bond motifs is 1. The van der Waals surface area contributed by atoms with Crippen LogP contribution in [0, 0.1) is 18.3 Å². The van der Waals surface area contributed by atoms with Crippen LogP contribution in [0.5, 0.6) is 0 Å². The number of hydrogen-bond donors (Lipinski definition) is 1. The van der Waals surface area contributed by atoms with Crippen molar-refractivity contribution < 1.29 is 4.79 Å². The average Bonchev–Trinajstić information content (AvgIpc) is 2.57. The molecule has 0 saturated heterocycles. The second-order valence-corrected chi connectivity index (χ2v) is 4.52. The Morgan fingerprint density at radius 2 is 2.47 bits per heavy atom. The lowest BCUT2D eigenvalue weighted by Gasteiger charge is -2.21. The van der Waals surface area contributed by atoms with Crippen molar-refractivity contribution in [3.63, 3.8) is 0 Å². The van der Waals surface area contributed by atoms with Gasteiger partial charge >= 0.3 is 0 Å². The molecule has 1 unspecified atom stereocenters. The smallest absolute Gasteiger partial charge is 0.239 e. The van der Waals surface area contributed by atoms with Crippen molar-refractivity contribution in [1.82, 2.24) is 9.78 Å². The van der Waals surface area contributed by atoms with Crippen LogP contribution in [0.1, 0.15) is 42.1 Å². The molecule has 0 radical (unpaired) electrons. The number of carbonyl (C=O) groups is 1. The number of nitrogens with two attached hydrogens (primary N) is 1. The zero-order valence-electron chi connectivity index (χ0n) is 9.94. The molecule has 1 heterocycles. The first-order valence-corrected chi connectivity index (χ1v) is 5.85. The molecule has 1 aliphatic carbocycles. The highest BCUT2D eigenvalue weighted by atomic mass is 16.1. The number of nitrogens with zero attached hydrogens (tertiary/aromatic N) is 3. The topological polar surface area (TPSA) is 84.7 Å². The second-order valence-electron chi connectivity index (χ2n) is 4.52. The molecule has 1 amide bonds. The summed E-state index contributed by atoms with van der Waals surface area (Å²) in [5.74, 6) is -0.108. The van der Waals surface area contributed by atoms with Crippen molar-refractivity contribution in [3.8, 4) is 6.07 Å². The third-order valence-electron chi connectivity index (χ3n) is 3.30. The van der Waals surface area contributed by atoms with E-state index in [1.165, 1.54) is 5.56 Å². The average molecular weight is 232 g/mol. The Morgan fingerprint density at radius 1 is 1.71 bits per heavy atom. The van der Waals surface area contributed by atoms with Crippen molar-refractivity contribution in [2.45, 2.75) is 45.1 Å². The largest absolute Gasteiger partial charge is 0.368 e. The van der Waals surface area contributed by atoms with Crippen molar-refractivity contribution in [2.24, 2.45) is 5.73 Å². The predicted molar refractivity (Wildman–Crippen MR) is 62.1 cm³/mol. The minimum absolute atomic E-state index is 0.134. The Labute approximate surface area is 100 Å². The number of carbonyl (C=O) groups excluding carboxylic acids is 1. The molecular formula is C12H16N4O. The van der Waals surface area contributed by atoms with E-state index in [2.05, 4.69) is 11.2 Å².